The summed E-state index contributed by atoms with van der Waals surface area (Å²) in [6.45, 7) is 0.961. The summed E-state index contributed by atoms with van der Waals surface area (Å²) in [6.07, 6.45) is 6.54. The van der Waals surface area contributed by atoms with Crippen molar-refractivity contribution in [2.24, 2.45) is 5.92 Å². The normalized spacial score (nSPS) is 39.2. The lowest BCUT2D eigenvalue weighted by atomic mass is 9.89. The quantitative estimate of drug-likeness (QED) is 0.809. The van der Waals surface area contributed by atoms with Gasteiger partial charge in [0.2, 0.25) is 0 Å². The van der Waals surface area contributed by atoms with E-state index in [9.17, 15) is 5.11 Å². The molecule has 2 rings (SSSR count). The van der Waals surface area contributed by atoms with Gasteiger partial charge in [-0.15, -0.1) is 0 Å². The van der Waals surface area contributed by atoms with Gasteiger partial charge in [0.25, 0.3) is 0 Å². The topological polar surface area (TPSA) is 49.7 Å². The Morgan fingerprint density at radius 3 is 2.41 bits per heavy atom. The van der Waals surface area contributed by atoms with Crippen LogP contribution in [-0.4, -0.2) is 46.6 Å². The molecule has 1 heterocycles. The van der Waals surface area contributed by atoms with E-state index in [4.69, 9.17) is 9.84 Å². The minimum atomic E-state index is -0.0421. The molecule has 1 saturated carbocycles. The molecule has 0 bridgehead atoms. The molecule has 2 unspecified atom stereocenters. The highest BCUT2D eigenvalue weighted by atomic mass is 32.2. The molecule has 17 heavy (non-hydrogen) atoms. The van der Waals surface area contributed by atoms with Crippen LogP contribution in [0.15, 0.2) is 0 Å². The zero-order chi connectivity index (χ0) is 12.1. The predicted molar refractivity (Wildman–Crippen MR) is 70.3 cm³/mol. The van der Waals surface area contributed by atoms with E-state index in [-0.39, 0.29) is 18.8 Å². The van der Waals surface area contributed by atoms with E-state index in [0.29, 0.717) is 5.25 Å². The SMILES string of the molecule is OCC1CCC(SCC2CCC(O)CC2)CO1. The first-order valence-electron chi connectivity index (χ1n) is 6.80. The van der Waals surface area contributed by atoms with Gasteiger partial charge in [-0.2, -0.15) is 11.8 Å². The highest BCUT2D eigenvalue weighted by molar-refractivity contribution is 7.99. The summed E-state index contributed by atoms with van der Waals surface area (Å²) in [5.41, 5.74) is 0. The first kappa shape index (κ1) is 13.7. The molecule has 100 valence electrons. The van der Waals surface area contributed by atoms with E-state index in [1.807, 2.05) is 11.8 Å². The summed E-state index contributed by atoms with van der Waals surface area (Å²) in [5.74, 6) is 2.00. The Morgan fingerprint density at radius 2 is 1.82 bits per heavy atom. The number of rotatable bonds is 4. The van der Waals surface area contributed by atoms with Crippen LogP contribution in [0, 0.1) is 5.92 Å². The van der Waals surface area contributed by atoms with Gasteiger partial charge in [-0.05, 0) is 50.2 Å². The Morgan fingerprint density at radius 1 is 1.06 bits per heavy atom. The Kier molecular flexibility index (Phi) is 5.60. The molecule has 0 aromatic heterocycles. The Hall–Kier alpha value is 0.230. The first-order chi connectivity index (χ1) is 8.28. The number of ether oxygens (including phenoxy) is 1. The average Bonchev–Trinajstić information content (AvgIpc) is 2.39. The maximum absolute atomic E-state index is 9.45. The van der Waals surface area contributed by atoms with Crippen LogP contribution in [0.1, 0.15) is 38.5 Å². The Balaban J connectivity index is 1.59. The molecule has 0 aromatic carbocycles. The fourth-order valence-electron chi connectivity index (χ4n) is 2.64. The van der Waals surface area contributed by atoms with E-state index >= 15 is 0 Å². The Bertz CT molecular complexity index is 209. The zero-order valence-corrected chi connectivity index (χ0v) is 11.2. The maximum atomic E-state index is 9.45. The number of aliphatic hydroxyl groups excluding tert-OH is 2. The highest BCUT2D eigenvalue weighted by Gasteiger charge is 2.24. The van der Waals surface area contributed by atoms with Crippen molar-refractivity contribution in [2.75, 3.05) is 19.0 Å². The van der Waals surface area contributed by atoms with Gasteiger partial charge in [0.1, 0.15) is 0 Å². The van der Waals surface area contributed by atoms with Crippen LogP contribution in [0.5, 0.6) is 0 Å². The second-order valence-corrected chi connectivity index (χ2v) is 6.68. The fourth-order valence-corrected chi connectivity index (χ4v) is 4.00. The van der Waals surface area contributed by atoms with E-state index in [1.165, 1.54) is 25.0 Å². The number of hydrogen-bond acceptors (Lipinski definition) is 4. The average molecular weight is 260 g/mol. The molecule has 0 radical (unpaired) electrons. The van der Waals surface area contributed by atoms with Crippen molar-refractivity contribution in [1.82, 2.24) is 0 Å². The lowest BCUT2D eigenvalue weighted by molar-refractivity contribution is -0.0142. The van der Waals surface area contributed by atoms with Gasteiger partial charge in [-0.25, -0.2) is 0 Å². The molecule has 1 aliphatic carbocycles. The third kappa shape index (κ3) is 4.43. The van der Waals surface area contributed by atoms with Gasteiger partial charge in [0.05, 0.1) is 25.4 Å². The lowest BCUT2D eigenvalue weighted by Crippen LogP contribution is -2.30. The highest BCUT2D eigenvalue weighted by Crippen LogP contribution is 2.31. The molecule has 2 atom stereocenters. The van der Waals surface area contributed by atoms with Crippen LogP contribution in [0.25, 0.3) is 0 Å². The van der Waals surface area contributed by atoms with Crippen LogP contribution in [0.3, 0.4) is 0 Å². The number of aliphatic hydroxyl groups is 2. The molecule has 0 spiro atoms. The minimum Gasteiger partial charge on any atom is -0.394 e. The van der Waals surface area contributed by atoms with E-state index in [1.54, 1.807) is 0 Å². The summed E-state index contributed by atoms with van der Waals surface area (Å²) in [6, 6.07) is 0. The van der Waals surface area contributed by atoms with E-state index in [2.05, 4.69) is 0 Å². The second-order valence-electron chi connectivity index (χ2n) is 5.35. The molecule has 1 aliphatic heterocycles. The third-order valence-corrected chi connectivity index (χ3v) is 5.42. The first-order valence-corrected chi connectivity index (χ1v) is 7.85. The molecule has 3 nitrogen and oxygen atoms in total. The summed E-state index contributed by atoms with van der Waals surface area (Å²) < 4.78 is 5.59. The monoisotopic (exact) mass is 260 g/mol. The van der Waals surface area contributed by atoms with Crippen LogP contribution < -0.4 is 0 Å². The van der Waals surface area contributed by atoms with Crippen molar-refractivity contribution in [1.29, 1.82) is 0 Å². The smallest absolute Gasteiger partial charge is 0.0806 e. The standard InChI is InChI=1S/C13H24O3S/c14-7-12-5-6-13(8-16-12)17-9-10-1-3-11(15)4-2-10/h10-15H,1-9H2. The van der Waals surface area contributed by atoms with Crippen molar-refractivity contribution >= 4 is 11.8 Å². The third-order valence-electron chi connectivity index (χ3n) is 3.92. The summed E-state index contributed by atoms with van der Waals surface area (Å²) in [4.78, 5) is 0. The van der Waals surface area contributed by atoms with Gasteiger partial charge in [0, 0.05) is 5.25 Å². The van der Waals surface area contributed by atoms with Crippen LogP contribution >= 0.6 is 11.8 Å². The van der Waals surface area contributed by atoms with E-state index in [0.717, 1.165) is 31.8 Å². The molecular formula is C13H24O3S. The van der Waals surface area contributed by atoms with Crippen molar-refractivity contribution in [3.63, 3.8) is 0 Å². The van der Waals surface area contributed by atoms with Gasteiger partial charge < -0.3 is 14.9 Å². The van der Waals surface area contributed by atoms with Crippen LogP contribution in [0.2, 0.25) is 0 Å². The molecule has 0 amide bonds. The lowest BCUT2D eigenvalue weighted by Gasteiger charge is -2.30. The maximum Gasteiger partial charge on any atom is 0.0806 e. The summed E-state index contributed by atoms with van der Waals surface area (Å²) in [7, 11) is 0. The molecule has 4 heteroatoms. The largest absolute Gasteiger partial charge is 0.394 e. The van der Waals surface area contributed by atoms with Crippen molar-refractivity contribution in [2.45, 2.75) is 56.0 Å². The number of thioether (sulfide) groups is 1. The van der Waals surface area contributed by atoms with Gasteiger partial charge in [-0.1, -0.05) is 0 Å². The van der Waals surface area contributed by atoms with Crippen molar-refractivity contribution < 1.29 is 14.9 Å². The van der Waals surface area contributed by atoms with Crippen LogP contribution in [0.4, 0.5) is 0 Å². The molecule has 2 fully saturated rings. The van der Waals surface area contributed by atoms with Crippen LogP contribution in [-0.2, 0) is 4.74 Å². The van der Waals surface area contributed by atoms with Crippen molar-refractivity contribution in [3.8, 4) is 0 Å². The molecular weight excluding hydrogens is 236 g/mol. The fraction of sp³-hybridized carbons (Fsp3) is 1.00. The van der Waals surface area contributed by atoms with Gasteiger partial charge in [0.15, 0.2) is 0 Å². The van der Waals surface area contributed by atoms with Gasteiger partial charge >= 0.3 is 0 Å². The zero-order valence-electron chi connectivity index (χ0n) is 10.4. The molecule has 2 N–H and O–H groups in total. The van der Waals surface area contributed by atoms with E-state index < -0.39 is 0 Å². The molecule has 2 aliphatic rings. The Labute approximate surface area is 108 Å². The predicted octanol–water partition coefficient (Wildman–Crippen LogP) is 1.81. The minimum absolute atomic E-state index is 0.0421. The van der Waals surface area contributed by atoms with Gasteiger partial charge in [-0.3, -0.25) is 0 Å². The summed E-state index contributed by atoms with van der Waals surface area (Å²) >= 11 is 2.03. The van der Waals surface area contributed by atoms with Crippen molar-refractivity contribution in [3.05, 3.63) is 0 Å². The second kappa shape index (κ2) is 6.98. The molecule has 1 saturated heterocycles. The molecule has 0 aromatic rings. The summed E-state index contributed by atoms with van der Waals surface area (Å²) in [5, 5.41) is 19.0. The number of hydrogen-bond donors (Lipinski definition) is 2.